The van der Waals surface area contributed by atoms with Gasteiger partial charge in [-0.05, 0) is 23.2 Å². The fourth-order valence-corrected chi connectivity index (χ4v) is 0.831. The highest BCUT2D eigenvalue weighted by Gasteiger charge is 2.44. The van der Waals surface area contributed by atoms with E-state index >= 15 is 0 Å². The molecule has 0 aliphatic carbocycles. The van der Waals surface area contributed by atoms with Gasteiger partial charge in [0.05, 0.1) is 0 Å². The van der Waals surface area contributed by atoms with E-state index in [0.29, 0.717) is 0 Å². The summed E-state index contributed by atoms with van der Waals surface area (Å²) in [5, 5.41) is -13.1. The van der Waals surface area contributed by atoms with Crippen LogP contribution in [0.25, 0.3) is 0 Å². The number of rotatable bonds is 2. The maximum Gasteiger partial charge on any atom is 0.390 e. The molecule has 0 radical (unpaired) electrons. The Morgan fingerprint density at radius 3 is 1.31 bits per heavy atom. The maximum absolute atomic E-state index is 11.8. The van der Waals surface area contributed by atoms with Crippen LogP contribution in [0.15, 0.2) is 0 Å². The Balaban J connectivity index is 4.34. The van der Waals surface area contributed by atoms with Gasteiger partial charge >= 0.3 is 10.8 Å². The van der Waals surface area contributed by atoms with Gasteiger partial charge in [0.15, 0.2) is 0 Å². The van der Waals surface area contributed by atoms with Crippen LogP contribution in [0.1, 0.15) is 0 Å². The second kappa shape index (κ2) is 4.02. The molecule has 0 heterocycles. The number of hydrogen-bond acceptors (Lipinski definition) is 3. The molecule has 13 heavy (non-hydrogen) atoms. The molecule has 0 aromatic rings. The highest BCUT2D eigenvalue weighted by Crippen LogP contribution is 2.32. The van der Waals surface area contributed by atoms with Crippen molar-refractivity contribution in [3.8, 4) is 0 Å². The molecule has 9 heteroatoms. The minimum Gasteiger partial charge on any atom is -0.278 e. The van der Waals surface area contributed by atoms with E-state index < -0.39 is 32.8 Å². The molecule has 0 N–H and O–H groups in total. The third-order valence-electron chi connectivity index (χ3n) is 0.648. The van der Waals surface area contributed by atoms with Crippen molar-refractivity contribution in [3.05, 3.63) is 0 Å². The summed E-state index contributed by atoms with van der Waals surface area (Å²) < 4.78 is 47.3. The van der Waals surface area contributed by atoms with E-state index in [1.165, 1.54) is 0 Å². The molecule has 0 aromatic carbocycles. The van der Waals surface area contributed by atoms with Crippen LogP contribution < -0.4 is 0 Å². The molecule has 0 unspecified atom stereocenters. The molecule has 0 saturated heterocycles. The molecule has 0 fully saturated rings. The first kappa shape index (κ1) is 13.0. The fraction of sp³-hybridized carbons (Fsp3) is 0.500. The van der Waals surface area contributed by atoms with Crippen molar-refractivity contribution in [2.75, 3.05) is 0 Å². The van der Waals surface area contributed by atoms with Crippen molar-refractivity contribution in [3.63, 3.8) is 0 Å². The van der Waals surface area contributed by atoms with Crippen molar-refractivity contribution in [1.29, 1.82) is 0 Å². The smallest absolute Gasteiger partial charge is 0.278 e. The molecule has 0 aliphatic rings. The van der Waals surface area contributed by atoms with Crippen LogP contribution in [0, 0.1) is 0 Å². The molecule has 0 aromatic heterocycles. The number of alkyl halides is 6. The van der Waals surface area contributed by atoms with E-state index in [-0.39, 0.29) is 0 Å². The number of carbonyl (C=O) groups excluding carboxylic acids is 2. The van der Waals surface area contributed by atoms with Gasteiger partial charge in [-0.15, -0.1) is 0 Å². The van der Waals surface area contributed by atoms with Gasteiger partial charge in [-0.25, -0.2) is 0 Å². The van der Waals surface area contributed by atoms with E-state index in [4.69, 9.17) is 0 Å². The second-order valence-electron chi connectivity index (χ2n) is 1.67. The van der Waals surface area contributed by atoms with Gasteiger partial charge < -0.3 is 0 Å². The number of carbonyl (C=O) groups is 2. The van der Waals surface area contributed by atoms with Crippen LogP contribution in [0.4, 0.5) is 17.6 Å². The van der Waals surface area contributed by atoms with E-state index in [1.54, 1.807) is 0 Å². The summed E-state index contributed by atoms with van der Waals surface area (Å²) in [6, 6.07) is 0. The molecule has 0 saturated carbocycles. The van der Waals surface area contributed by atoms with Gasteiger partial charge in [-0.3, -0.25) is 9.59 Å². The van der Waals surface area contributed by atoms with Gasteiger partial charge in [0.25, 0.3) is 10.2 Å². The zero-order valence-corrected chi connectivity index (χ0v) is 7.82. The highest BCUT2D eigenvalue weighted by molar-refractivity contribution is 8.26. The molecule has 0 atom stereocenters. The molecule has 0 rings (SSSR count). The zero-order chi connectivity index (χ0) is 10.9. The van der Waals surface area contributed by atoms with Crippen LogP contribution in [0.2, 0.25) is 0 Å². The van der Waals surface area contributed by atoms with Crippen molar-refractivity contribution < 1.29 is 27.2 Å². The summed E-state index contributed by atoms with van der Waals surface area (Å²) in [5.74, 6) is 0. The number of halogens is 6. The molecule has 76 valence electrons. The second-order valence-corrected chi connectivity index (χ2v) is 3.57. The van der Waals surface area contributed by atoms with Crippen molar-refractivity contribution >= 4 is 45.2 Å². The lowest BCUT2D eigenvalue weighted by molar-refractivity contribution is -0.126. The van der Waals surface area contributed by atoms with Crippen LogP contribution in [-0.4, -0.2) is 21.0 Å². The maximum atomic E-state index is 11.8. The molecular formula is C4Cl2F4O2S. The van der Waals surface area contributed by atoms with E-state index in [2.05, 4.69) is 23.2 Å². The quantitative estimate of drug-likeness (QED) is 0.564. The summed E-state index contributed by atoms with van der Waals surface area (Å²) in [4.78, 5) is 20.4. The Kier molecular flexibility index (Phi) is 4.01. The summed E-state index contributed by atoms with van der Waals surface area (Å²) in [6.07, 6.45) is 0. The number of thioether (sulfide) groups is 1. The fourth-order valence-electron chi connectivity index (χ4n) is 0.200. The van der Waals surface area contributed by atoms with Crippen LogP contribution in [-0.2, 0) is 9.59 Å². The van der Waals surface area contributed by atoms with Gasteiger partial charge in [-0.1, -0.05) is 0 Å². The van der Waals surface area contributed by atoms with Crippen LogP contribution in [0.3, 0.4) is 0 Å². The van der Waals surface area contributed by atoms with Crippen molar-refractivity contribution in [1.82, 2.24) is 0 Å². The Bertz CT molecular complexity index is 209. The topological polar surface area (TPSA) is 34.1 Å². The normalized spacial score (nSPS) is 12.8. The summed E-state index contributed by atoms with van der Waals surface area (Å²) in [5.41, 5.74) is 0. The zero-order valence-electron chi connectivity index (χ0n) is 5.49. The van der Waals surface area contributed by atoms with Gasteiger partial charge in [0.2, 0.25) is 0 Å². The third kappa shape index (κ3) is 4.68. The van der Waals surface area contributed by atoms with Gasteiger partial charge in [0, 0.05) is 11.8 Å². The molecule has 2 nitrogen and oxygen atoms in total. The Morgan fingerprint density at radius 1 is 0.923 bits per heavy atom. The summed E-state index contributed by atoms with van der Waals surface area (Å²) >= 11 is 7.34. The minimum absolute atomic E-state index is 0.928. The lowest BCUT2D eigenvalue weighted by atomic mass is 10.8. The first-order valence-electron chi connectivity index (χ1n) is 2.45. The van der Waals surface area contributed by atoms with Gasteiger partial charge in [0.1, 0.15) is 0 Å². The molecular weight excluding hydrogens is 259 g/mol. The summed E-state index contributed by atoms with van der Waals surface area (Å²) in [6.45, 7) is 0. The molecule has 0 aliphatic heterocycles. The first-order chi connectivity index (χ1) is 5.55. The van der Waals surface area contributed by atoms with Crippen molar-refractivity contribution in [2.45, 2.75) is 10.8 Å². The predicted octanol–water partition coefficient (Wildman–Crippen LogP) is 2.44. The highest BCUT2D eigenvalue weighted by atomic mass is 35.5. The van der Waals surface area contributed by atoms with E-state index in [1.807, 2.05) is 0 Å². The van der Waals surface area contributed by atoms with Crippen molar-refractivity contribution in [2.24, 2.45) is 0 Å². The van der Waals surface area contributed by atoms with Gasteiger partial charge in [-0.2, -0.15) is 17.6 Å². The number of hydrogen-bond donors (Lipinski definition) is 0. The average molecular weight is 259 g/mol. The van der Waals surface area contributed by atoms with E-state index in [0.717, 1.165) is 0 Å². The Hall–Kier alpha value is -0.0100. The molecule has 0 amide bonds. The largest absolute Gasteiger partial charge is 0.390 e. The lowest BCUT2D eigenvalue weighted by Crippen LogP contribution is -2.25. The standard InChI is InChI=1S/C4Cl2F4O2S/c5-3(7,8)1(11)13-2(12)4(6,9)10. The SMILES string of the molecule is O=C(SC(=O)C(F)(F)Cl)C(F)(F)Cl. The van der Waals surface area contributed by atoms with Crippen LogP contribution in [0.5, 0.6) is 0 Å². The first-order valence-corrected chi connectivity index (χ1v) is 4.02. The summed E-state index contributed by atoms with van der Waals surface area (Å²) in [7, 11) is 0. The van der Waals surface area contributed by atoms with E-state index in [9.17, 15) is 27.2 Å². The third-order valence-corrected chi connectivity index (χ3v) is 2.10. The minimum atomic E-state index is -4.36. The molecule has 0 bridgehead atoms. The Labute approximate surface area is 83.5 Å². The Morgan fingerprint density at radius 2 is 1.15 bits per heavy atom. The van der Waals surface area contributed by atoms with Crippen LogP contribution >= 0.6 is 35.0 Å². The molecule has 0 spiro atoms. The monoisotopic (exact) mass is 258 g/mol. The average Bonchev–Trinajstić information content (AvgIpc) is 1.82. The predicted molar refractivity (Wildman–Crippen MR) is 39.2 cm³/mol. The lowest BCUT2D eigenvalue weighted by Gasteiger charge is -2.07.